The molecule has 2 aromatic carbocycles. The zero-order valence-corrected chi connectivity index (χ0v) is 15.0. The first-order valence-corrected chi connectivity index (χ1v) is 8.67. The van der Waals surface area contributed by atoms with Crippen molar-refractivity contribution in [3.63, 3.8) is 0 Å². The van der Waals surface area contributed by atoms with Crippen LogP contribution in [0.2, 0.25) is 0 Å². The van der Waals surface area contributed by atoms with Crippen molar-refractivity contribution in [1.29, 1.82) is 0 Å². The SMILES string of the molecule is CC(=O)/C(=C/c1cnc(-c2ccccc2)[nH]1)C(=O)OCCc1ccccc1. The van der Waals surface area contributed by atoms with Crippen LogP contribution >= 0.6 is 0 Å². The second-order valence-corrected chi connectivity index (χ2v) is 6.04. The van der Waals surface area contributed by atoms with Crippen LogP contribution in [0.1, 0.15) is 18.2 Å². The zero-order valence-electron chi connectivity index (χ0n) is 15.0. The molecule has 0 aliphatic rings. The largest absolute Gasteiger partial charge is 0.462 e. The number of hydrogen-bond donors (Lipinski definition) is 1. The Morgan fingerprint density at radius 1 is 1.04 bits per heavy atom. The molecule has 0 radical (unpaired) electrons. The number of Topliss-reactive ketones (excluding diaryl/α,β-unsaturated/α-hetero) is 1. The lowest BCUT2D eigenvalue weighted by molar-refractivity contribution is -0.140. The van der Waals surface area contributed by atoms with Crippen molar-refractivity contribution in [1.82, 2.24) is 9.97 Å². The number of rotatable bonds is 7. The second-order valence-electron chi connectivity index (χ2n) is 6.04. The number of benzene rings is 2. The number of carbonyl (C=O) groups excluding carboxylic acids is 2. The van der Waals surface area contributed by atoms with Gasteiger partial charge in [0.2, 0.25) is 0 Å². The Labute approximate surface area is 157 Å². The summed E-state index contributed by atoms with van der Waals surface area (Å²) in [4.78, 5) is 31.6. The fourth-order valence-corrected chi connectivity index (χ4v) is 2.60. The van der Waals surface area contributed by atoms with Crippen molar-refractivity contribution in [2.75, 3.05) is 6.61 Å². The fourth-order valence-electron chi connectivity index (χ4n) is 2.60. The van der Waals surface area contributed by atoms with Gasteiger partial charge >= 0.3 is 5.97 Å². The summed E-state index contributed by atoms with van der Waals surface area (Å²) in [7, 11) is 0. The summed E-state index contributed by atoms with van der Waals surface area (Å²) in [5.41, 5.74) is 2.55. The van der Waals surface area contributed by atoms with E-state index in [1.54, 1.807) is 6.20 Å². The van der Waals surface area contributed by atoms with Gasteiger partial charge in [0, 0.05) is 12.0 Å². The quantitative estimate of drug-likeness (QED) is 0.301. The minimum atomic E-state index is -0.630. The third kappa shape index (κ3) is 5.01. The van der Waals surface area contributed by atoms with E-state index in [9.17, 15) is 9.59 Å². The molecular weight excluding hydrogens is 340 g/mol. The number of hydrogen-bond acceptors (Lipinski definition) is 4. The Morgan fingerprint density at radius 3 is 2.37 bits per heavy atom. The molecule has 0 spiro atoms. The first-order chi connectivity index (χ1) is 13.1. The fraction of sp³-hybridized carbons (Fsp3) is 0.136. The van der Waals surface area contributed by atoms with E-state index in [0.717, 1.165) is 11.1 Å². The van der Waals surface area contributed by atoms with Gasteiger partial charge in [-0.2, -0.15) is 0 Å². The molecule has 5 heteroatoms. The van der Waals surface area contributed by atoms with Crippen LogP contribution < -0.4 is 0 Å². The molecule has 136 valence electrons. The van der Waals surface area contributed by atoms with Gasteiger partial charge in [-0.15, -0.1) is 0 Å². The first kappa shape index (κ1) is 18.3. The van der Waals surface area contributed by atoms with E-state index in [4.69, 9.17) is 4.74 Å². The summed E-state index contributed by atoms with van der Waals surface area (Å²) in [6.07, 6.45) is 3.66. The summed E-state index contributed by atoms with van der Waals surface area (Å²) < 4.78 is 5.27. The third-order valence-corrected chi connectivity index (χ3v) is 4.01. The van der Waals surface area contributed by atoms with Crippen LogP contribution in [-0.2, 0) is 20.7 Å². The van der Waals surface area contributed by atoms with Crippen LogP contribution in [-0.4, -0.2) is 28.3 Å². The molecule has 0 amide bonds. The molecule has 0 saturated heterocycles. The average Bonchev–Trinajstić information content (AvgIpc) is 3.16. The number of nitrogens with zero attached hydrogens (tertiary/aromatic N) is 1. The number of aromatic nitrogens is 2. The molecule has 0 saturated carbocycles. The van der Waals surface area contributed by atoms with E-state index in [0.29, 0.717) is 17.9 Å². The van der Waals surface area contributed by atoms with Crippen LogP contribution in [0, 0.1) is 0 Å². The predicted octanol–water partition coefficient (Wildman–Crippen LogP) is 3.84. The van der Waals surface area contributed by atoms with Crippen molar-refractivity contribution in [2.24, 2.45) is 0 Å². The molecule has 0 unspecified atom stereocenters. The Balaban J connectivity index is 1.68. The van der Waals surface area contributed by atoms with Crippen LogP contribution in [0.4, 0.5) is 0 Å². The van der Waals surface area contributed by atoms with Gasteiger partial charge in [-0.05, 0) is 18.6 Å². The minimum Gasteiger partial charge on any atom is -0.462 e. The maximum atomic E-state index is 12.3. The standard InChI is InChI=1S/C22H20N2O3/c1-16(25)20(22(26)27-13-12-17-8-4-2-5-9-17)14-19-15-23-21(24-19)18-10-6-3-7-11-18/h2-11,14-15H,12-13H2,1H3,(H,23,24)/b20-14-. The predicted molar refractivity (Wildman–Crippen MR) is 104 cm³/mol. The summed E-state index contributed by atoms with van der Waals surface area (Å²) in [5, 5.41) is 0. The van der Waals surface area contributed by atoms with E-state index in [2.05, 4.69) is 9.97 Å². The molecule has 3 aromatic rings. The monoisotopic (exact) mass is 360 g/mol. The Bertz CT molecular complexity index is 944. The van der Waals surface area contributed by atoms with E-state index in [1.807, 2.05) is 60.7 Å². The highest BCUT2D eigenvalue weighted by Gasteiger charge is 2.17. The maximum absolute atomic E-state index is 12.3. The normalized spacial score (nSPS) is 11.2. The lowest BCUT2D eigenvalue weighted by Gasteiger charge is -2.06. The number of aromatic amines is 1. The van der Waals surface area contributed by atoms with Crippen LogP contribution in [0.5, 0.6) is 0 Å². The summed E-state index contributed by atoms with van der Waals surface area (Å²) in [5.74, 6) is -0.313. The molecule has 0 bridgehead atoms. The number of nitrogens with one attached hydrogen (secondary N) is 1. The molecule has 27 heavy (non-hydrogen) atoms. The lowest BCUT2D eigenvalue weighted by atomic mass is 10.1. The number of imidazole rings is 1. The topological polar surface area (TPSA) is 72.0 Å². The Hall–Kier alpha value is -3.47. The van der Waals surface area contributed by atoms with Crippen molar-refractivity contribution in [3.05, 3.63) is 83.7 Å². The van der Waals surface area contributed by atoms with E-state index in [-0.39, 0.29) is 18.0 Å². The molecule has 1 N–H and O–H groups in total. The highest BCUT2D eigenvalue weighted by atomic mass is 16.5. The third-order valence-electron chi connectivity index (χ3n) is 4.01. The van der Waals surface area contributed by atoms with E-state index in [1.165, 1.54) is 13.0 Å². The van der Waals surface area contributed by atoms with Crippen LogP contribution in [0.25, 0.3) is 17.5 Å². The first-order valence-electron chi connectivity index (χ1n) is 8.67. The van der Waals surface area contributed by atoms with Crippen molar-refractivity contribution in [3.8, 4) is 11.4 Å². The summed E-state index contributed by atoms with van der Waals surface area (Å²) in [6.45, 7) is 1.56. The highest BCUT2D eigenvalue weighted by molar-refractivity contribution is 6.19. The Morgan fingerprint density at radius 2 is 1.70 bits per heavy atom. The molecule has 0 aliphatic carbocycles. The van der Waals surface area contributed by atoms with Crippen LogP contribution in [0.15, 0.2) is 72.4 Å². The molecule has 1 aromatic heterocycles. The van der Waals surface area contributed by atoms with Gasteiger partial charge in [0.15, 0.2) is 5.78 Å². The molecule has 5 nitrogen and oxygen atoms in total. The van der Waals surface area contributed by atoms with Gasteiger partial charge in [-0.3, -0.25) is 4.79 Å². The lowest BCUT2D eigenvalue weighted by Crippen LogP contribution is -2.15. The number of ketones is 1. The molecule has 1 heterocycles. The van der Waals surface area contributed by atoms with Gasteiger partial charge in [0.25, 0.3) is 0 Å². The number of carbonyl (C=O) groups is 2. The van der Waals surface area contributed by atoms with Crippen LogP contribution in [0.3, 0.4) is 0 Å². The molecule has 0 atom stereocenters. The number of H-pyrrole nitrogens is 1. The highest BCUT2D eigenvalue weighted by Crippen LogP contribution is 2.16. The van der Waals surface area contributed by atoms with Gasteiger partial charge in [-0.25, -0.2) is 9.78 Å². The minimum absolute atomic E-state index is 0.00803. The molecule has 3 rings (SSSR count). The van der Waals surface area contributed by atoms with Gasteiger partial charge in [0.05, 0.1) is 18.5 Å². The van der Waals surface area contributed by atoms with Gasteiger partial charge in [-0.1, -0.05) is 60.7 Å². The van der Waals surface area contributed by atoms with Gasteiger partial charge in [0.1, 0.15) is 11.4 Å². The molecular formula is C22H20N2O3. The van der Waals surface area contributed by atoms with E-state index < -0.39 is 5.97 Å². The van der Waals surface area contributed by atoms with E-state index >= 15 is 0 Å². The number of ether oxygens (including phenoxy) is 1. The Kier molecular flexibility index (Phi) is 5.94. The maximum Gasteiger partial charge on any atom is 0.341 e. The van der Waals surface area contributed by atoms with Crippen molar-refractivity contribution >= 4 is 17.8 Å². The second kappa shape index (κ2) is 8.76. The van der Waals surface area contributed by atoms with Gasteiger partial charge < -0.3 is 9.72 Å². The zero-order chi connectivity index (χ0) is 19.1. The summed E-state index contributed by atoms with van der Waals surface area (Å²) in [6, 6.07) is 19.3. The summed E-state index contributed by atoms with van der Waals surface area (Å²) >= 11 is 0. The number of esters is 1. The molecule has 0 fully saturated rings. The van der Waals surface area contributed by atoms with Crippen molar-refractivity contribution < 1.29 is 14.3 Å². The smallest absolute Gasteiger partial charge is 0.341 e. The van der Waals surface area contributed by atoms with Crippen molar-refractivity contribution in [2.45, 2.75) is 13.3 Å². The molecule has 0 aliphatic heterocycles. The average molecular weight is 360 g/mol.